The maximum Gasteiger partial charge on any atom is 0.321 e. The molecule has 0 saturated carbocycles. The van der Waals surface area contributed by atoms with Crippen LogP contribution in [0.1, 0.15) is 15.9 Å². The second kappa shape index (κ2) is 9.07. The lowest BCUT2D eigenvalue weighted by Gasteiger charge is -2.33. The van der Waals surface area contributed by atoms with E-state index in [1.165, 1.54) is 5.56 Å². The Bertz CT molecular complexity index is 841. The molecule has 0 aromatic heterocycles. The predicted octanol–water partition coefficient (Wildman–Crippen LogP) is 1.85. The molecule has 0 bridgehead atoms. The average molecular weight is 394 g/mol. The Kier molecular flexibility index (Phi) is 6.07. The second-order valence-electron chi connectivity index (χ2n) is 7.35. The Morgan fingerprint density at radius 3 is 2.62 bits per heavy atom. The van der Waals surface area contributed by atoms with Gasteiger partial charge in [0, 0.05) is 50.5 Å². The highest BCUT2D eigenvalue weighted by Crippen LogP contribution is 2.17. The minimum absolute atomic E-state index is 0.0241. The van der Waals surface area contributed by atoms with E-state index in [4.69, 9.17) is 4.74 Å². The van der Waals surface area contributed by atoms with E-state index in [1.807, 2.05) is 6.07 Å². The molecule has 7 heteroatoms. The highest BCUT2D eigenvalue weighted by molar-refractivity contribution is 5.97. The van der Waals surface area contributed by atoms with Gasteiger partial charge in [-0.3, -0.25) is 14.6 Å². The molecule has 1 unspecified atom stereocenters. The summed E-state index contributed by atoms with van der Waals surface area (Å²) in [6, 6.07) is 17.4. The maximum absolute atomic E-state index is 12.5. The van der Waals surface area contributed by atoms with E-state index < -0.39 is 0 Å². The van der Waals surface area contributed by atoms with Crippen LogP contribution in [-0.4, -0.2) is 62.3 Å². The van der Waals surface area contributed by atoms with Crippen LogP contribution in [0.15, 0.2) is 54.6 Å². The van der Waals surface area contributed by atoms with Crippen molar-refractivity contribution in [2.45, 2.75) is 12.6 Å². The summed E-state index contributed by atoms with van der Waals surface area (Å²) in [7, 11) is 0. The van der Waals surface area contributed by atoms with Crippen molar-refractivity contribution in [3.63, 3.8) is 0 Å². The molecule has 2 N–H and O–H groups in total. The van der Waals surface area contributed by atoms with E-state index in [-0.39, 0.29) is 18.0 Å². The Morgan fingerprint density at radius 1 is 1.10 bits per heavy atom. The summed E-state index contributed by atoms with van der Waals surface area (Å²) in [4.78, 5) is 28.2. The standard InChI is InChI=1S/C22H26N4O3/c27-21(18-6-8-19(9-7-18)26-11-10-23-22(26)28)24-14-20-16-25(12-13-29-20)15-17-4-2-1-3-5-17/h1-9,20H,10-16H2,(H,23,28)(H,24,27). The first-order chi connectivity index (χ1) is 14.2. The fourth-order valence-electron chi connectivity index (χ4n) is 3.71. The molecule has 2 aliphatic heterocycles. The van der Waals surface area contributed by atoms with E-state index in [2.05, 4.69) is 39.8 Å². The van der Waals surface area contributed by atoms with Crippen molar-refractivity contribution in [3.05, 3.63) is 65.7 Å². The number of ether oxygens (including phenoxy) is 1. The number of benzene rings is 2. The van der Waals surface area contributed by atoms with Crippen molar-refractivity contribution in [2.24, 2.45) is 0 Å². The first-order valence-electron chi connectivity index (χ1n) is 10.0. The number of carbonyl (C=O) groups excluding carboxylic acids is 2. The molecule has 2 heterocycles. The highest BCUT2D eigenvalue weighted by atomic mass is 16.5. The van der Waals surface area contributed by atoms with E-state index in [0.29, 0.717) is 31.8 Å². The van der Waals surface area contributed by atoms with Gasteiger partial charge in [-0.2, -0.15) is 0 Å². The van der Waals surface area contributed by atoms with Gasteiger partial charge < -0.3 is 15.4 Å². The van der Waals surface area contributed by atoms with Gasteiger partial charge in [-0.1, -0.05) is 30.3 Å². The van der Waals surface area contributed by atoms with Crippen LogP contribution in [0, 0.1) is 0 Å². The van der Waals surface area contributed by atoms with Gasteiger partial charge in [0.1, 0.15) is 0 Å². The molecule has 2 saturated heterocycles. The van der Waals surface area contributed by atoms with Crippen LogP contribution in [0.5, 0.6) is 0 Å². The van der Waals surface area contributed by atoms with Crippen molar-refractivity contribution in [3.8, 4) is 0 Å². The van der Waals surface area contributed by atoms with Crippen LogP contribution in [0.25, 0.3) is 0 Å². The number of nitrogens with zero attached hydrogens (tertiary/aromatic N) is 2. The molecule has 2 aliphatic rings. The molecule has 1 atom stereocenters. The molecule has 0 aliphatic carbocycles. The highest BCUT2D eigenvalue weighted by Gasteiger charge is 2.23. The first-order valence-corrected chi connectivity index (χ1v) is 10.0. The fourth-order valence-corrected chi connectivity index (χ4v) is 3.71. The molecule has 4 rings (SSSR count). The Hall–Kier alpha value is -2.90. The van der Waals surface area contributed by atoms with Gasteiger partial charge in [0.2, 0.25) is 0 Å². The molecule has 7 nitrogen and oxygen atoms in total. The lowest BCUT2D eigenvalue weighted by atomic mass is 10.1. The number of urea groups is 1. The van der Waals surface area contributed by atoms with Gasteiger partial charge in [-0.05, 0) is 29.8 Å². The molecule has 2 aromatic carbocycles. The zero-order valence-electron chi connectivity index (χ0n) is 16.3. The minimum Gasteiger partial charge on any atom is -0.374 e. The molecular weight excluding hydrogens is 368 g/mol. The summed E-state index contributed by atoms with van der Waals surface area (Å²) in [6.45, 7) is 5.00. The van der Waals surface area contributed by atoms with Crippen molar-refractivity contribution >= 4 is 17.6 Å². The molecule has 3 amide bonds. The first kappa shape index (κ1) is 19.4. The van der Waals surface area contributed by atoms with Crippen LogP contribution >= 0.6 is 0 Å². The van der Waals surface area contributed by atoms with Gasteiger partial charge in [0.25, 0.3) is 5.91 Å². The summed E-state index contributed by atoms with van der Waals surface area (Å²) < 4.78 is 5.82. The van der Waals surface area contributed by atoms with Crippen molar-refractivity contribution in [1.82, 2.24) is 15.5 Å². The number of hydrogen-bond donors (Lipinski definition) is 2. The molecule has 2 aromatic rings. The Balaban J connectivity index is 1.27. The lowest BCUT2D eigenvalue weighted by Crippen LogP contribution is -2.47. The van der Waals surface area contributed by atoms with Crippen LogP contribution in [0.4, 0.5) is 10.5 Å². The largest absolute Gasteiger partial charge is 0.374 e. The van der Waals surface area contributed by atoms with E-state index in [0.717, 1.165) is 25.3 Å². The average Bonchev–Trinajstić information content (AvgIpc) is 3.19. The van der Waals surface area contributed by atoms with E-state index in [1.54, 1.807) is 29.2 Å². The molecule has 2 fully saturated rings. The maximum atomic E-state index is 12.5. The third-order valence-electron chi connectivity index (χ3n) is 5.26. The summed E-state index contributed by atoms with van der Waals surface area (Å²) >= 11 is 0. The quantitative estimate of drug-likeness (QED) is 0.784. The lowest BCUT2D eigenvalue weighted by molar-refractivity contribution is -0.0292. The molecule has 0 spiro atoms. The van der Waals surface area contributed by atoms with E-state index >= 15 is 0 Å². The third kappa shape index (κ3) is 4.93. The Morgan fingerprint density at radius 2 is 1.90 bits per heavy atom. The SMILES string of the molecule is O=C(NCC1CN(Cc2ccccc2)CCO1)c1ccc(N2CCNC2=O)cc1. The van der Waals surface area contributed by atoms with Gasteiger partial charge >= 0.3 is 6.03 Å². The predicted molar refractivity (Wildman–Crippen MR) is 111 cm³/mol. The molecule has 152 valence electrons. The zero-order valence-corrected chi connectivity index (χ0v) is 16.3. The van der Waals surface area contributed by atoms with Crippen molar-refractivity contribution in [2.75, 3.05) is 44.2 Å². The summed E-state index contributed by atoms with van der Waals surface area (Å²) in [5.41, 5.74) is 2.65. The molecule has 29 heavy (non-hydrogen) atoms. The summed E-state index contributed by atoms with van der Waals surface area (Å²) in [6.07, 6.45) is -0.0241. The van der Waals surface area contributed by atoms with Gasteiger partial charge in [0.15, 0.2) is 0 Å². The van der Waals surface area contributed by atoms with Crippen LogP contribution in [-0.2, 0) is 11.3 Å². The minimum atomic E-state index is -0.133. The van der Waals surface area contributed by atoms with Gasteiger partial charge in [-0.25, -0.2) is 4.79 Å². The molecule has 0 radical (unpaired) electrons. The number of morpholine rings is 1. The fraction of sp³-hybridized carbons (Fsp3) is 0.364. The van der Waals surface area contributed by atoms with Crippen LogP contribution in [0.2, 0.25) is 0 Å². The summed E-state index contributed by atoms with van der Waals surface area (Å²) in [5, 5.41) is 5.74. The number of anilines is 1. The Labute approximate surface area is 170 Å². The van der Waals surface area contributed by atoms with Crippen LogP contribution < -0.4 is 15.5 Å². The number of rotatable bonds is 6. The number of nitrogens with one attached hydrogen (secondary N) is 2. The zero-order chi connectivity index (χ0) is 20.1. The third-order valence-corrected chi connectivity index (χ3v) is 5.26. The van der Waals surface area contributed by atoms with Gasteiger partial charge in [0.05, 0.1) is 12.7 Å². The number of amides is 3. The van der Waals surface area contributed by atoms with E-state index in [9.17, 15) is 9.59 Å². The van der Waals surface area contributed by atoms with Crippen molar-refractivity contribution < 1.29 is 14.3 Å². The monoisotopic (exact) mass is 394 g/mol. The smallest absolute Gasteiger partial charge is 0.321 e. The number of carbonyl (C=O) groups is 2. The number of hydrogen-bond acceptors (Lipinski definition) is 4. The molecular formula is C22H26N4O3. The normalized spacial score (nSPS) is 19.8. The van der Waals surface area contributed by atoms with Crippen molar-refractivity contribution in [1.29, 1.82) is 0 Å². The summed E-state index contributed by atoms with van der Waals surface area (Å²) in [5.74, 6) is -0.133. The second-order valence-corrected chi connectivity index (χ2v) is 7.35. The topological polar surface area (TPSA) is 73.9 Å². The van der Waals surface area contributed by atoms with Gasteiger partial charge in [-0.15, -0.1) is 0 Å². The van der Waals surface area contributed by atoms with Crippen LogP contribution in [0.3, 0.4) is 0 Å².